The number of rotatable bonds is 36. The molecule has 9 heteroatoms. The lowest BCUT2D eigenvalue weighted by Gasteiger charge is -2.39. The first-order valence-electron chi connectivity index (χ1n) is 21.3. The minimum atomic E-state index is -1.53. The first-order chi connectivity index (χ1) is 24.9. The fourth-order valence-corrected chi connectivity index (χ4v) is 6.54. The van der Waals surface area contributed by atoms with Crippen LogP contribution in [-0.2, 0) is 23.7 Å². The summed E-state index contributed by atoms with van der Waals surface area (Å²) < 4.78 is 22.8. The summed E-state index contributed by atoms with van der Waals surface area (Å²) in [5.74, 6) is -0.320. The van der Waals surface area contributed by atoms with Gasteiger partial charge in [-0.25, -0.2) is 0 Å². The van der Waals surface area contributed by atoms with Crippen LogP contribution in [0, 0.1) is 0 Å². The Morgan fingerprint density at radius 1 is 0.608 bits per heavy atom. The Morgan fingerprint density at radius 3 is 1.59 bits per heavy atom. The summed E-state index contributed by atoms with van der Waals surface area (Å²) in [5.41, 5.74) is 0. The highest BCUT2D eigenvalue weighted by atomic mass is 16.7. The number of hydrogen-bond acceptors (Lipinski definition) is 9. The maximum Gasteiger partial charge on any atom is 0.306 e. The quantitative estimate of drug-likeness (QED) is 0.0284. The summed E-state index contributed by atoms with van der Waals surface area (Å²) in [7, 11) is 0. The van der Waals surface area contributed by atoms with Crippen molar-refractivity contribution in [1.82, 2.24) is 0 Å². The van der Waals surface area contributed by atoms with Crippen LogP contribution in [0.3, 0.4) is 0 Å². The van der Waals surface area contributed by atoms with E-state index in [2.05, 4.69) is 26.0 Å². The maximum atomic E-state index is 12.7. The third-order valence-electron chi connectivity index (χ3n) is 9.93. The van der Waals surface area contributed by atoms with E-state index in [9.17, 15) is 25.2 Å². The lowest BCUT2D eigenvalue weighted by Crippen LogP contribution is -2.59. The third kappa shape index (κ3) is 26.4. The van der Waals surface area contributed by atoms with Crippen molar-refractivity contribution in [3.63, 3.8) is 0 Å². The Kier molecular flexibility index (Phi) is 32.6. The average molecular weight is 729 g/mol. The van der Waals surface area contributed by atoms with Gasteiger partial charge >= 0.3 is 5.97 Å². The smallest absolute Gasteiger partial charge is 0.306 e. The number of esters is 1. The average Bonchev–Trinajstić information content (AvgIpc) is 3.13. The van der Waals surface area contributed by atoms with Gasteiger partial charge in [0.1, 0.15) is 30.5 Å². The summed E-state index contributed by atoms with van der Waals surface area (Å²) in [4.78, 5) is 12.7. The molecule has 0 spiro atoms. The molecule has 1 rings (SSSR count). The van der Waals surface area contributed by atoms with Gasteiger partial charge in [-0.3, -0.25) is 4.79 Å². The van der Waals surface area contributed by atoms with E-state index in [-0.39, 0.29) is 19.2 Å². The molecule has 51 heavy (non-hydrogen) atoms. The van der Waals surface area contributed by atoms with Crippen molar-refractivity contribution in [2.75, 3.05) is 26.4 Å². The van der Waals surface area contributed by atoms with E-state index in [1.54, 1.807) is 0 Å². The van der Waals surface area contributed by atoms with Crippen molar-refractivity contribution in [3.05, 3.63) is 12.2 Å². The van der Waals surface area contributed by atoms with Gasteiger partial charge in [0.05, 0.1) is 19.8 Å². The second kappa shape index (κ2) is 34.7. The molecule has 0 bridgehead atoms. The van der Waals surface area contributed by atoms with E-state index >= 15 is 0 Å². The van der Waals surface area contributed by atoms with E-state index in [4.69, 9.17) is 18.9 Å². The van der Waals surface area contributed by atoms with Gasteiger partial charge in [-0.2, -0.15) is 0 Å². The van der Waals surface area contributed by atoms with Crippen LogP contribution in [-0.4, -0.2) is 89.6 Å². The largest absolute Gasteiger partial charge is 0.457 e. The van der Waals surface area contributed by atoms with Crippen molar-refractivity contribution in [2.45, 2.75) is 224 Å². The molecule has 1 fully saturated rings. The van der Waals surface area contributed by atoms with Gasteiger partial charge in [0.15, 0.2) is 6.29 Å². The predicted octanol–water partition coefficient (Wildman–Crippen LogP) is 8.86. The van der Waals surface area contributed by atoms with Crippen LogP contribution in [0.2, 0.25) is 0 Å². The second-order valence-corrected chi connectivity index (χ2v) is 14.8. The van der Waals surface area contributed by atoms with Crippen molar-refractivity contribution >= 4 is 5.97 Å². The zero-order chi connectivity index (χ0) is 37.2. The fraction of sp³-hybridized carbons (Fsp3) is 0.929. The standard InChI is InChI=1S/C42H80O9/c1-3-5-7-9-11-13-15-17-19-21-23-25-27-29-31-38(44)50-36(35-49-42-41(47)40(46)39(45)37(33-43)51-42)34-48-32-30-28-26-24-22-20-18-16-14-12-10-8-6-4-2/h15,17,36-37,39-43,45-47H,3-14,16,18-35H2,1-2H3/b17-15-. The number of aliphatic hydroxyl groups excluding tert-OH is 4. The Labute approximate surface area is 312 Å². The molecule has 4 N–H and O–H groups in total. The molecule has 302 valence electrons. The van der Waals surface area contributed by atoms with Crippen LogP contribution in [0.4, 0.5) is 0 Å². The molecule has 0 aromatic rings. The number of hydrogen-bond donors (Lipinski definition) is 4. The Balaban J connectivity index is 2.29. The lowest BCUT2D eigenvalue weighted by molar-refractivity contribution is -0.305. The summed E-state index contributed by atoms with van der Waals surface area (Å²) in [6, 6.07) is 0. The van der Waals surface area contributed by atoms with Crippen molar-refractivity contribution in [3.8, 4) is 0 Å². The Morgan fingerprint density at radius 2 is 1.08 bits per heavy atom. The molecular formula is C42H80O9. The Hall–Kier alpha value is -1.07. The zero-order valence-electron chi connectivity index (χ0n) is 32.9. The number of unbranched alkanes of at least 4 members (excludes halogenated alkanes) is 23. The Bertz CT molecular complexity index is 792. The highest BCUT2D eigenvalue weighted by Crippen LogP contribution is 2.22. The van der Waals surface area contributed by atoms with E-state index in [1.807, 2.05) is 0 Å². The summed E-state index contributed by atoms with van der Waals surface area (Å²) in [5, 5.41) is 40.0. The van der Waals surface area contributed by atoms with Crippen LogP contribution < -0.4 is 0 Å². The molecule has 0 amide bonds. The van der Waals surface area contributed by atoms with Crippen molar-refractivity contribution < 1.29 is 44.2 Å². The fourth-order valence-electron chi connectivity index (χ4n) is 6.54. The number of carbonyl (C=O) groups excluding carboxylic acids is 1. The molecule has 0 aromatic heterocycles. The van der Waals surface area contributed by atoms with Gasteiger partial charge in [-0.1, -0.05) is 154 Å². The summed E-state index contributed by atoms with van der Waals surface area (Å²) in [6.07, 6.45) is 29.4. The van der Waals surface area contributed by atoms with Gasteiger partial charge in [-0.05, 0) is 38.5 Å². The maximum absolute atomic E-state index is 12.7. The van der Waals surface area contributed by atoms with Gasteiger partial charge in [0.25, 0.3) is 0 Å². The lowest BCUT2D eigenvalue weighted by atomic mass is 9.99. The van der Waals surface area contributed by atoms with Gasteiger partial charge in [0.2, 0.25) is 0 Å². The first-order valence-corrected chi connectivity index (χ1v) is 21.3. The van der Waals surface area contributed by atoms with E-state index in [0.717, 1.165) is 44.9 Å². The number of carbonyl (C=O) groups is 1. The topological polar surface area (TPSA) is 135 Å². The van der Waals surface area contributed by atoms with Crippen molar-refractivity contribution in [2.24, 2.45) is 0 Å². The summed E-state index contributed by atoms with van der Waals surface area (Å²) >= 11 is 0. The van der Waals surface area contributed by atoms with Gasteiger partial charge in [-0.15, -0.1) is 0 Å². The minimum absolute atomic E-state index is 0.112. The second-order valence-electron chi connectivity index (χ2n) is 14.8. The van der Waals surface area contributed by atoms with E-state index in [1.165, 1.54) is 122 Å². The minimum Gasteiger partial charge on any atom is -0.457 e. The van der Waals surface area contributed by atoms with Crippen LogP contribution in [0.1, 0.15) is 187 Å². The molecule has 6 unspecified atom stereocenters. The molecule has 1 saturated heterocycles. The molecule has 1 aliphatic heterocycles. The van der Waals surface area contributed by atoms with Gasteiger partial charge < -0.3 is 39.4 Å². The predicted molar refractivity (Wildman–Crippen MR) is 206 cm³/mol. The summed E-state index contributed by atoms with van der Waals surface area (Å²) in [6.45, 7) is 4.56. The first kappa shape index (κ1) is 48.0. The molecule has 0 aliphatic carbocycles. The van der Waals surface area contributed by atoms with Crippen LogP contribution in [0.5, 0.6) is 0 Å². The normalized spacial score (nSPS) is 21.4. The third-order valence-corrected chi connectivity index (χ3v) is 9.93. The number of ether oxygens (including phenoxy) is 4. The van der Waals surface area contributed by atoms with Crippen LogP contribution >= 0.6 is 0 Å². The molecule has 0 aromatic carbocycles. The van der Waals surface area contributed by atoms with Crippen LogP contribution in [0.25, 0.3) is 0 Å². The zero-order valence-corrected chi connectivity index (χ0v) is 32.9. The monoisotopic (exact) mass is 729 g/mol. The number of allylic oxidation sites excluding steroid dienone is 2. The van der Waals surface area contributed by atoms with Crippen molar-refractivity contribution in [1.29, 1.82) is 0 Å². The molecule has 0 saturated carbocycles. The molecule has 6 atom stereocenters. The molecule has 9 nitrogen and oxygen atoms in total. The van der Waals surface area contributed by atoms with E-state index < -0.39 is 43.4 Å². The SMILES string of the molecule is CCCCCCC/C=C\CCCCCCCC(=O)OC(COCCCCCCCCCCCCCCCC)COC1OC(CO)C(O)C(O)C1O. The molecule has 1 heterocycles. The number of aliphatic hydroxyl groups is 4. The van der Waals surface area contributed by atoms with E-state index in [0.29, 0.717) is 13.0 Å². The van der Waals surface area contributed by atoms with Crippen LogP contribution in [0.15, 0.2) is 12.2 Å². The van der Waals surface area contributed by atoms with Gasteiger partial charge in [0, 0.05) is 13.0 Å². The molecule has 1 aliphatic rings. The highest BCUT2D eigenvalue weighted by molar-refractivity contribution is 5.69. The molecular weight excluding hydrogens is 648 g/mol. The highest BCUT2D eigenvalue weighted by Gasteiger charge is 2.44. The molecule has 0 radical (unpaired) electrons.